The maximum absolute atomic E-state index is 11.9. The van der Waals surface area contributed by atoms with Crippen LogP contribution in [0.15, 0.2) is 4.79 Å². The van der Waals surface area contributed by atoms with Crippen LogP contribution in [0, 0.1) is 0 Å². The van der Waals surface area contributed by atoms with Crippen molar-refractivity contribution in [2.45, 2.75) is 44.3 Å². The van der Waals surface area contributed by atoms with Crippen molar-refractivity contribution >= 4 is 11.8 Å². The summed E-state index contributed by atoms with van der Waals surface area (Å²) >= 11 is 1.73. The number of thioether (sulfide) groups is 1. The molecule has 0 fully saturated rings. The molecule has 1 atom stereocenters. The third-order valence-corrected chi connectivity index (χ3v) is 4.20. The van der Waals surface area contributed by atoms with Crippen LogP contribution in [0.2, 0.25) is 0 Å². The number of hydrogen-bond acceptors (Lipinski definition) is 4. The highest BCUT2D eigenvalue weighted by Gasteiger charge is 2.30. The minimum absolute atomic E-state index is 0.00521. The van der Waals surface area contributed by atoms with Gasteiger partial charge in [0.15, 0.2) is 0 Å². The predicted molar refractivity (Wildman–Crippen MR) is 69.1 cm³/mol. The second-order valence-electron chi connectivity index (χ2n) is 4.35. The van der Waals surface area contributed by atoms with E-state index in [1.807, 2.05) is 20.8 Å². The highest BCUT2D eigenvalue weighted by molar-refractivity contribution is 7.98. The molecule has 0 bridgehead atoms. The lowest BCUT2D eigenvalue weighted by Crippen LogP contribution is -2.31. The van der Waals surface area contributed by atoms with Crippen molar-refractivity contribution in [2.75, 3.05) is 6.61 Å². The molecule has 0 saturated carbocycles. The average Bonchev–Trinajstić information content (AvgIpc) is 2.78. The molecule has 1 unspecified atom stereocenters. The molecule has 1 aromatic rings. The van der Waals surface area contributed by atoms with E-state index in [1.165, 1.54) is 0 Å². The molecule has 1 N–H and O–H groups in total. The Kier molecular flexibility index (Phi) is 3.58. The van der Waals surface area contributed by atoms with Crippen LogP contribution >= 0.6 is 11.8 Å². The molecule has 5 heteroatoms. The Morgan fingerprint density at radius 2 is 2.24 bits per heavy atom. The number of nitrogens with one attached hydrogen (secondary N) is 1. The van der Waals surface area contributed by atoms with Gasteiger partial charge in [-0.1, -0.05) is 6.92 Å². The smallest absolute Gasteiger partial charge is 0.255 e. The number of aromatic nitrogens is 2. The second kappa shape index (κ2) is 4.82. The molecule has 17 heavy (non-hydrogen) atoms. The van der Waals surface area contributed by atoms with E-state index in [2.05, 4.69) is 9.97 Å². The molecule has 0 radical (unpaired) electrons. The van der Waals surface area contributed by atoms with Crippen molar-refractivity contribution in [3.05, 3.63) is 27.4 Å². The molecule has 1 aliphatic heterocycles. The highest BCUT2D eigenvalue weighted by atomic mass is 32.2. The first-order chi connectivity index (χ1) is 8.10. The maximum Gasteiger partial charge on any atom is 0.255 e. The van der Waals surface area contributed by atoms with Gasteiger partial charge in [0.05, 0.1) is 5.69 Å². The van der Waals surface area contributed by atoms with Crippen LogP contribution in [0.1, 0.15) is 44.3 Å². The molecule has 2 rings (SSSR count). The van der Waals surface area contributed by atoms with Crippen molar-refractivity contribution in [3.8, 4) is 0 Å². The molecule has 0 saturated heterocycles. The van der Waals surface area contributed by atoms with Gasteiger partial charge in [-0.15, -0.1) is 0 Å². The summed E-state index contributed by atoms with van der Waals surface area (Å²) < 4.78 is 5.74. The summed E-state index contributed by atoms with van der Waals surface area (Å²) in [6.07, 6.45) is 0.787. The first-order valence-electron chi connectivity index (χ1n) is 5.95. The van der Waals surface area contributed by atoms with Gasteiger partial charge in [0.1, 0.15) is 11.4 Å². The van der Waals surface area contributed by atoms with Crippen molar-refractivity contribution in [3.63, 3.8) is 0 Å². The monoisotopic (exact) mass is 254 g/mol. The number of ether oxygens (including phenoxy) is 1. The Hall–Kier alpha value is -0.810. The van der Waals surface area contributed by atoms with Crippen molar-refractivity contribution < 1.29 is 4.74 Å². The lowest BCUT2D eigenvalue weighted by atomic mass is 10.0. The summed E-state index contributed by atoms with van der Waals surface area (Å²) in [6.45, 7) is 6.58. The molecule has 1 aliphatic rings. The van der Waals surface area contributed by atoms with Gasteiger partial charge in [-0.2, -0.15) is 11.8 Å². The van der Waals surface area contributed by atoms with Gasteiger partial charge in [-0.05, 0) is 20.3 Å². The van der Waals surface area contributed by atoms with Crippen molar-refractivity contribution in [1.82, 2.24) is 9.97 Å². The van der Waals surface area contributed by atoms with E-state index in [1.54, 1.807) is 11.8 Å². The molecule has 1 aromatic heterocycles. The maximum atomic E-state index is 11.9. The van der Waals surface area contributed by atoms with E-state index in [0.717, 1.165) is 29.2 Å². The summed E-state index contributed by atoms with van der Waals surface area (Å²) in [7, 11) is 0. The molecule has 0 aliphatic carbocycles. The van der Waals surface area contributed by atoms with Gasteiger partial charge in [-0.25, -0.2) is 4.98 Å². The third kappa shape index (κ3) is 2.26. The minimum Gasteiger partial charge on any atom is -0.368 e. The number of aromatic amines is 1. The normalized spacial score (nSPS) is 17.8. The van der Waals surface area contributed by atoms with Crippen LogP contribution in [-0.2, 0) is 21.8 Å². The molecular weight excluding hydrogens is 236 g/mol. The lowest BCUT2D eigenvalue weighted by molar-refractivity contribution is -0.0393. The van der Waals surface area contributed by atoms with E-state index in [0.29, 0.717) is 12.4 Å². The molecule has 94 valence electrons. The van der Waals surface area contributed by atoms with E-state index in [9.17, 15) is 4.79 Å². The van der Waals surface area contributed by atoms with E-state index in [-0.39, 0.29) is 5.56 Å². The quantitative estimate of drug-likeness (QED) is 0.894. The van der Waals surface area contributed by atoms with Crippen LogP contribution < -0.4 is 5.56 Å². The Labute approximate surface area is 105 Å². The number of H-pyrrole nitrogens is 1. The number of fused-ring (bicyclic) bond motifs is 1. The fourth-order valence-electron chi connectivity index (χ4n) is 1.97. The fourth-order valence-corrected chi connectivity index (χ4v) is 3.01. The Morgan fingerprint density at radius 3 is 2.88 bits per heavy atom. The van der Waals surface area contributed by atoms with Crippen LogP contribution in [-0.4, -0.2) is 16.6 Å². The second-order valence-corrected chi connectivity index (χ2v) is 5.34. The molecule has 4 nitrogen and oxygen atoms in total. The van der Waals surface area contributed by atoms with Crippen LogP contribution in [0.3, 0.4) is 0 Å². The SMILES string of the molecule is CCOC(C)(CC)c1nc2c(c(=O)[nH]1)CSC2. The van der Waals surface area contributed by atoms with Crippen LogP contribution in [0.4, 0.5) is 0 Å². The lowest BCUT2D eigenvalue weighted by Gasteiger charge is -2.27. The predicted octanol–water partition coefficient (Wildman–Crippen LogP) is 2.18. The zero-order valence-corrected chi connectivity index (χ0v) is 11.3. The molecule has 0 amide bonds. The number of hydrogen-bond donors (Lipinski definition) is 1. The van der Waals surface area contributed by atoms with E-state index in [4.69, 9.17) is 4.74 Å². The Balaban J connectivity index is 2.46. The largest absolute Gasteiger partial charge is 0.368 e. The van der Waals surface area contributed by atoms with E-state index >= 15 is 0 Å². The molecule has 0 aromatic carbocycles. The topological polar surface area (TPSA) is 55.0 Å². The summed E-state index contributed by atoms with van der Waals surface area (Å²) in [5.74, 6) is 2.27. The number of rotatable bonds is 4. The molecular formula is C12H18N2O2S. The summed E-state index contributed by atoms with van der Waals surface area (Å²) in [5.41, 5.74) is 1.26. The molecule has 2 heterocycles. The van der Waals surface area contributed by atoms with Crippen molar-refractivity contribution in [1.29, 1.82) is 0 Å². The fraction of sp³-hybridized carbons (Fsp3) is 0.667. The van der Waals surface area contributed by atoms with Gasteiger partial charge in [0.25, 0.3) is 5.56 Å². The van der Waals surface area contributed by atoms with Gasteiger partial charge >= 0.3 is 0 Å². The number of nitrogens with zero attached hydrogens (tertiary/aromatic N) is 1. The minimum atomic E-state index is -0.490. The zero-order valence-electron chi connectivity index (χ0n) is 10.5. The first kappa shape index (κ1) is 12.6. The zero-order chi connectivity index (χ0) is 12.5. The van der Waals surface area contributed by atoms with Gasteiger partial charge < -0.3 is 9.72 Å². The van der Waals surface area contributed by atoms with Gasteiger partial charge in [-0.3, -0.25) is 4.79 Å². The van der Waals surface area contributed by atoms with E-state index < -0.39 is 5.60 Å². The summed E-state index contributed by atoms with van der Waals surface area (Å²) in [6, 6.07) is 0. The van der Waals surface area contributed by atoms with Crippen LogP contribution in [0.5, 0.6) is 0 Å². The standard InChI is InChI=1S/C12H18N2O2S/c1-4-12(3,16-5-2)11-13-9-7-17-6-8(9)10(15)14-11/h4-7H2,1-3H3,(H,13,14,15). The van der Waals surface area contributed by atoms with Crippen LogP contribution in [0.25, 0.3) is 0 Å². The summed E-state index contributed by atoms with van der Waals surface area (Å²) in [4.78, 5) is 19.4. The third-order valence-electron chi connectivity index (χ3n) is 3.22. The summed E-state index contributed by atoms with van der Waals surface area (Å²) in [5, 5.41) is 0. The Morgan fingerprint density at radius 1 is 1.47 bits per heavy atom. The average molecular weight is 254 g/mol. The van der Waals surface area contributed by atoms with Gasteiger partial charge in [0, 0.05) is 23.7 Å². The van der Waals surface area contributed by atoms with Gasteiger partial charge in [0.2, 0.25) is 0 Å². The molecule has 0 spiro atoms. The van der Waals surface area contributed by atoms with Crippen molar-refractivity contribution in [2.24, 2.45) is 0 Å². The highest BCUT2D eigenvalue weighted by Crippen LogP contribution is 2.29. The Bertz CT molecular complexity index is 472. The first-order valence-corrected chi connectivity index (χ1v) is 7.10.